The van der Waals surface area contributed by atoms with E-state index in [-0.39, 0.29) is 4.90 Å². The molecule has 142 valence electrons. The predicted molar refractivity (Wildman–Crippen MR) is 106 cm³/mol. The minimum absolute atomic E-state index is 0.165. The van der Waals surface area contributed by atoms with E-state index in [1.807, 2.05) is 6.92 Å². The average Bonchev–Trinajstić information content (AvgIpc) is 2.65. The number of hydrogen-bond acceptors (Lipinski definition) is 2. The van der Waals surface area contributed by atoms with Crippen molar-refractivity contribution in [2.75, 3.05) is 4.72 Å². The maximum Gasteiger partial charge on any atom is 0.261 e. The van der Waals surface area contributed by atoms with Crippen LogP contribution in [-0.2, 0) is 10.0 Å². The van der Waals surface area contributed by atoms with E-state index < -0.39 is 15.8 Å². The van der Waals surface area contributed by atoms with Crippen LogP contribution in [0.3, 0.4) is 0 Å². The van der Waals surface area contributed by atoms with Gasteiger partial charge in [-0.25, -0.2) is 12.8 Å². The monoisotopic (exact) mass is 385 g/mol. The summed E-state index contributed by atoms with van der Waals surface area (Å²) in [6, 6.07) is 10.5. The van der Waals surface area contributed by atoms with Gasteiger partial charge in [-0.2, -0.15) is 0 Å². The van der Waals surface area contributed by atoms with Crippen molar-refractivity contribution in [1.29, 1.82) is 0 Å². The molecule has 27 heavy (non-hydrogen) atoms. The van der Waals surface area contributed by atoms with Crippen LogP contribution in [0.2, 0.25) is 0 Å². The van der Waals surface area contributed by atoms with Gasteiger partial charge in [-0.1, -0.05) is 48.8 Å². The topological polar surface area (TPSA) is 46.2 Å². The maximum absolute atomic E-state index is 13.7. The Morgan fingerprint density at radius 3 is 2.48 bits per heavy atom. The van der Waals surface area contributed by atoms with E-state index in [2.05, 4.69) is 16.6 Å². The lowest BCUT2D eigenvalue weighted by Crippen LogP contribution is -2.14. The van der Waals surface area contributed by atoms with Crippen LogP contribution in [0.15, 0.2) is 47.4 Å². The quantitative estimate of drug-likeness (QED) is 0.730. The van der Waals surface area contributed by atoms with Gasteiger partial charge in [0.1, 0.15) is 5.82 Å². The summed E-state index contributed by atoms with van der Waals surface area (Å²) in [6.07, 6.45) is 6.91. The number of aryl methyl sites for hydroxylation is 1. The Bertz CT molecular complexity index is 950. The Balaban J connectivity index is 1.80. The van der Waals surface area contributed by atoms with Crippen molar-refractivity contribution in [1.82, 2.24) is 0 Å². The summed E-state index contributed by atoms with van der Waals surface area (Å²) >= 11 is 0. The second kappa shape index (κ2) is 8.58. The molecule has 1 saturated carbocycles. The van der Waals surface area contributed by atoms with Gasteiger partial charge < -0.3 is 0 Å². The fraction of sp³-hybridized carbons (Fsp3) is 0.364. The first kappa shape index (κ1) is 19.4. The minimum atomic E-state index is -3.75. The van der Waals surface area contributed by atoms with E-state index in [0.29, 0.717) is 17.2 Å². The highest BCUT2D eigenvalue weighted by molar-refractivity contribution is 7.92. The SMILES string of the molecule is Cc1ccc(S(=O)(=O)Nc2ccc(F)cc2C#CCC2CCCCC2)cc1. The molecule has 0 radical (unpaired) electrons. The Hall–Kier alpha value is -2.32. The molecule has 0 atom stereocenters. The van der Waals surface area contributed by atoms with E-state index in [4.69, 9.17) is 0 Å². The highest BCUT2D eigenvalue weighted by Gasteiger charge is 2.16. The van der Waals surface area contributed by atoms with Crippen molar-refractivity contribution in [2.24, 2.45) is 5.92 Å². The van der Waals surface area contributed by atoms with Gasteiger partial charge >= 0.3 is 0 Å². The smallest absolute Gasteiger partial charge is 0.261 e. The highest BCUT2D eigenvalue weighted by atomic mass is 32.2. The average molecular weight is 386 g/mol. The van der Waals surface area contributed by atoms with Gasteiger partial charge in [-0.05, 0) is 56.0 Å². The van der Waals surface area contributed by atoms with Crippen LogP contribution >= 0.6 is 0 Å². The largest absolute Gasteiger partial charge is 0.278 e. The molecule has 0 aliphatic heterocycles. The van der Waals surface area contributed by atoms with Gasteiger partial charge in [0.05, 0.1) is 16.1 Å². The number of benzene rings is 2. The van der Waals surface area contributed by atoms with E-state index in [1.165, 1.54) is 50.3 Å². The third kappa shape index (κ3) is 5.33. The summed E-state index contributed by atoms with van der Waals surface area (Å²) in [7, 11) is -3.75. The van der Waals surface area contributed by atoms with Crippen LogP contribution in [0.1, 0.15) is 49.7 Å². The number of anilines is 1. The first-order chi connectivity index (χ1) is 12.9. The lowest BCUT2D eigenvalue weighted by atomic mass is 9.87. The summed E-state index contributed by atoms with van der Waals surface area (Å²) in [5.41, 5.74) is 1.64. The molecule has 1 aliphatic carbocycles. The van der Waals surface area contributed by atoms with Gasteiger partial charge in [-0.15, -0.1) is 0 Å². The zero-order valence-corrected chi connectivity index (χ0v) is 16.3. The van der Waals surface area contributed by atoms with Crippen molar-refractivity contribution >= 4 is 15.7 Å². The van der Waals surface area contributed by atoms with Crippen LogP contribution in [0.5, 0.6) is 0 Å². The Kier molecular flexibility index (Phi) is 6.18. The third-order valence-electron chi connectivity index (χ3n) is 4.90. The molecule has 0 heterocycles. The minimum Gasteiger partial charge on any atom is -0.278 e. The molecule has 0 bridgehead atoms. The van der Waals surface area contributed by atoms with E-state index in [0.717, 1.165) is 12.0 Å². The standard InChI is InChI=1S/C22H24FNO2S/c1-17-10-13-21(14-11-17)27(25,26)24-22-15-12-20(23)16-19(22)9-5-8-18-6-3-2-4-7-18/h10-16,18,24H,2-4,6-8H2,1H3. The molecule has 3 nitrogen and oxygen atoms in total. The Morgan fingerprint density at radius 1 is 1.07 bits per heavy atom. The lowest BCUT2D eigenvalue weighted by molar-refractivity contribution is 0.365. The first-order valence-electron chi connectivity index (χ1n) is 9.32. The van der Waals surface area contributed by atoms with Crippen molar-refractivity contribution in [3.8, 4) is 11.8 Å². The third-order valence-corrected chi connectivity index (χ3v) is 6.28. The Labute approximate surface area is 161 Å². The second-order valence-electron chi connectivity index (χ2n) is 7.12. The van der Waals surface area contributed by atoms with E-state index in [9.17, 15) is 12.8 Å². The zero-order chi connectivity index (χ0) is 19.3. The summed E-state index contributed by atoms with van der Waals surface area (Å²) in [5, 5.41) is 0. The molecule has 0 saturated heterocycles. The van der Waals surface area contributed by atoms with Crippen molar-refractivity contribution in [3.05, 3.63) is 59.4 Å². The van der Waals surface area contributed by atoms with Gasteiger partial charge in [0, 0.05) is 6.42 Å². The van der Waals surface area contributed by atoms with Crippen LogP contribution in [0.25, 0.3) is 0 Å². The zero-order valence-electron chi connectivity index (χ0n) is 15.5. The van der Waals surface area contributed by atoms with E-state index in [1.54, 1.807) is 24.3 Å². The number of hydrogen-bond donors (Lipinski definition) is 1. The van der Waals surface area contributed by atoms with Crippen molar-refractivity contribution in [2.45, 2.75) is 50.3 Å². The molecular weight excluding hydrogens is 361 g/mol. The van der Waals surface area contributed by atoms with Gasteiger partial charge in [0.15, 0.2) is 0 Å². The van der Waals surface area contributed by atoms with Crippen molar-refractivity contribution < 1.29 is 12.8 Å². The molecule has 1 aliphatic rings. The molecule has 2 aromatic rings. The number of halogens is 1. The summed E-state index contributed by atoms with van der Waals surface area (Å²) in [5.74, 6) is 6.24. The molecule has 3 rings (SSSR count). The summed E-state index contributed by atoms with van der Waals surface area (Å²) < 4.78 is 41.5. The molecule has 0 spiro atoms. The summed E-state index contributed by atoms with van der Waals surface area (Å²) in [4.78, 5) is 0.165. The van der Waals surface area contributed by atoms with Gasteiger partial charge in [-0.3, -0.25) is 4.72 Å². The molecule has 0 amide bonds. The number of nitrogens with one attached hydrogen (secondary N) is 1. The normalized spacial score (nSPS) is 15.0. The molecule has 1 fully saturated rings. The van der Waals surface area contributed by atoms with Crippen LogP contribution in [0.4, 0.5) is 10.1 Å². The molecule has 0 aromatic heterocycles. The van der Waals surface area contributed by atoms with Gasteiger partial charge in [0.25, 0.3) is 10.0 Å². The molecular formula is C22H24FNO2S. The number of rotatable bonds is 4. The fourth-order valence-electron chi connectivity index (χ4n) is 3.31. The Morgan fingerprint density at radius 2 is 1.78 bits per heavy atom. The molecule has 2 aromatic carbocycles. The second-order valence-corrected chi connectivity index (χ2v) is 8.80. The molecule has 5 heteroatoms. The van der Waals surface area contributed by atoms with Crippen LogP contribution < -0.4 is 4.72 Å². The molecule has 1 N–H and O–H groups in total. The summed E-state index contributed by atoms with van der Waals surface area (Å²) in [6.45, 7) is 1.89. The predicted octanol–water partition coefficient (Wildman–Crippen LogP) is 5.26. The van der Waals surface area contributed by atoms with Gasteiger partial charge in [0.2, 0.25) is 0 Å². The number of sulfonamides is 1. The van der Waals surface area contributed by atoms with Crippen LogP contribution in [0, 0.1) is 30.5 Å². The maximum atomic E-state index is 13.7. The molecule has 0 unspecified atom stereocenters. The van der Waals surface area contributed by atoms with E-state index >= 15 is 0 Å². The lowest BCUT2D eigenvalue weighted by Gasteiger charge is -2.18. The fourth-order valence-corrected chi connectivity index (χ4v) is 4.39. The first-order valence-corrected chi connectivity index (χ1v) is 10.8. The highest BCUT2D eigenvalue weighted by Crippen LogP contribution is 2.26. The van der Waals surface area contributed by atoms with Crippen LogP contribution in [-0.4, -0.2) is 8.42 Å². The van der Waals surface area contributed by atoms with Crippen molar-refractivity contribution in [3.63, 3.8) is 0 Å².